The van der Waals surface area contributed by atoms with Crippen LogP contribution < -0.4 is 10.5 Å². The lowest BCUT2D eigenvalue weighted by Gasteiger charge is -2.19. The number of hydrogen-bond acceptors (Lipinski definition) is 3. The van der Waals surface area contributed by atoms with E-state index in [9.17, 15) is 4.79 Å². The third-order valence-electron chi connectivity index (χ3n) is 3.30. The third kappa shape index (κ3) is 3.54. The molecule has 0 heterocycles. The minimum atomic E-state index is -0.0895. The van der Waals surface area contributed by atoms with Gasteiger partial charge in [-0.3, -0.25) is 4.79 Å². The van der Waals surface area contributed by atoms with Gasteiger partial charge in [-0.2, -0.15) is 0 Å². The van der Waals surface area contributed by atoms with Gasteiger partial charge in [0.25, 0.3) is 5.91 Å². The fourth-order valence-corrected chi connectivity index (χ4v) is 2.25. The molecule has 2 aromatic rings. The van der Waals surface area contributed by atoms with Gasteiger partial charge in [-0.25, -0.2) is 0 Å². The van der Waals surface area contributed by atoms with Crippen molar-refractivity contribution >= 4 is 11.6 Å². The number of aryl methyl sites for hydroxylation is 1. The first-order valence-corrected chi connectivity index (χ1v) is 6.76. The lowest BCUT2D eigenvalue weighted by Crippen LogP contribution is -2.26. The highest BCUT2D eigenvalue weighted by Gasteiger charge is 2.17. The molecule has 0 radical (unpaired) electrons. The molecule has 110 valence electrons. The number of hydrogen-bond donors (Lipinski definition) is 1. The summed E-state index contributed by atoms with van der Waals surface area (Å²) in [7, 11) is 3.31. The fraction of sp³-hybridized carbons (Fsp3) is 0.235. The number of amides is 1. The van der Waals surface area contributed by atoms with E-state index >= 15 is 0 Å². The SMILES string of the molecule is COc1cc(N)ccc1C(=O)N(C)Cc1cccc(C)c1. The summed E-state index contributed by atoms with van der Waals surface area (Å²) in [5.74, 6) is 0.407. The van der Waals surface area contributed by atoms with E-state index in [1.165, 1.54) is 12.7 Å². The van der Waals surface area contributed by atoms with Crippen LogP contribution in [0.5, 0.6) is 5.75 Å². The molecule has 0 saturated carbocycles. The van der Waals surface area contributed by atoms with Gasteiger partial charge in [0, 0.05) is 25.3 Å². The quantitative estimate of drug-likeness (QED) is 0.878. The second-order valence-corrected chi connectivity index (χ2v) is 5.11. The Morgan fingerprint density at radius 3 is 2.67 bits per heavy atom. The van der Waals surface area contributed by atoms with Gasteiger partial charge >= 0.3 is 0 Å². The van der Waals surface area contributed by atoms with E-state index in [2.05, 4.69) is 6.07 Å². The van der Waals surface area contributed by atoms with E-state index in [-0.39, 0.29) is 5.91 Å². The van der Waals surface area contributed by atoms with Crippen molar-refractivity contribution in [1.29, 1.82) is 0 Å². The van der Waals surface area contributed by atoms with Crippen molar-refractivity contribution in [2.45, 2.75) is 13.5 Å². The Morgan fingerprint density at radius 1 is 1.24 bits per heavy atom. The molecule has 0 atom stereocenters. The fourth-order valence-electron chi connectivity index (χ4n) is 2.25. The number of rotatable bonds is 4. The van der Waals surface area contributed by atoms with Gasteiger partial charge in [0.15, 0.2) is 0 Å². The summed E-state index contributed by atoms with van der Waals surface area (Å²) in [4.78, 5) is 14.2. The van der Waals surface area contributed by atoms with Gasteiger partial charge in [0.05, 0.1) is 12.7 Å². The summed E-state index contributed by atoms with van der Waals surface area (Å²) < 4.78 is 5.24. The molecule has 0 saturated heterocycles. The van der Waals surface area contributed by atoms with Crippen LogP contribution in [0.3, 0.4) is 0 Å². The summed E-state index contributed by atoms with van der Waals surface area (Å²) in [5, 5.41) is 0. The molecule has 4 nitrogen and oxygen atoms in total. The maximum atomic E-state index is 12.5. The van der Waals surface area contributed by atoms with Gasteiger partial charge < -0.3 is 15.4 Å². The summed E-state index contributed by atoms with van der Waals surface area (Å²) in [6.45, 7) is 2.59. The number of ether oxygens (including phenoxy) is 1. The van der Waals surface area contributed by atoms with E-state index in [1.54, 1.807) is 30.1 Å². The molecule has 4 heteroatoms. The van der Waals surface area contributed by atoms with Crippen molar-refractivity contribution < 1.29 is 9.53 Å². The molecule has 2 aromatic carbocycles. The Labute approximate surface area is 125 Å². The van der Waals surface area contributed by atoms with Gasteiger partial charge in [-0.1, -0.05) is 29.8 Å². The minimum Gasteiger partial charge on any atom is -0.496 e. The lowest BCUT2D eigenvalue weighted by molar-refractivity contribution is 0.0781. The van der Waals surface area contributed by atoms with Crippen LogP contribution in [0.2, 0.25) is 0 Å². The molecule has 0 aliphatic heterocycles. The van der Waals surface area contributed by atoms with Crippen LogP contribution in [0.1, 0.15) is 21.5 Å². The Balaban J connectivity index is 2.19. The average Bonchev–Trinajstić information content (AvgIpc) is 2.46. The van der Waals surface area contributed by atoms with Gasteiger partial charge in [0.1, 0.15) is 5.75 Å². The highest BCUT2D eigenvalue weighted by atomic mass is 16.5. The molecule has 2 rings (SSSR count). The largest absolute Gasteiger partial charge is 0.496 e. The Bertz CT molecular complexity index is 653. The number of carbonyl (C=O) groups is 1. The Morgan fingerprint density at radius 2 is 2.00 bits per heavy atom. The zero-order chi connectivity index (χ0) is 15.4. The summed E-state index contributed by atoms with van der Waals surface area (Å²) in [6, 6.07) is 13.2. The summed E-state index contributed by atoms with van der Waals surface area (Å²) in [6.07, 6.45) is 0. The maximum Gasteiger partial charge on any atom is 0.257 e. The molecule has 1 amide bonds. The van der Waals surface area contributed by atoms with Crippen molar-refractivity contribution in [3.8, 4) is 5.75 Å². The second-order valence-electron chi connectivity index (χ2n) is 5.11. The van der Waals surface area contributed by atoms with Crippen molar-refractivity contribution in [2.75, 3.05) is 19.9 Å². The van der Waals surface area contributed by atoms with Gasteiger partial charge in [0.2, 0.25) is 0 Å². The van der Waals surface area contributed by atoms with Crippen LogP contribution in [0.4, 0.5) is 5.69 Å². The number of methoxy groups -OCH3 is 1. The van der Waals surface area contributed by atoms with Crippen LogP contribution in [-0.4, -0.2) is 25.0 Å². The first kappa shape index (κ1) is 14.9. The van der Waals surface area contributed by atoms with Crippen molar-refractivity contribution in [3.05, 3.63) is 59.2 Å². The number of carbonyl (C=O) groups excluding carboxylic acids is 1. The van der Waals surface area contributed by atoms with E-state index in [4.69, 9.17) is 10.5 Å². The van der Waals surface area contributed by atoms with Crippen LogP contribution >= 0.6 is 0 Å². The number of nitrogens with two attached hydrogens (primary N) is 1. The highest BCUT2D eigenvalue weighted by molar-refractivity contribution is 5.97. The first-order valence-electron chi connectivity index (χ1n) is 6.76. The van der Waals surface area contributed by atoms with Crippen molar-refractivity contribution in [1.82, 2.24) is 4.90 Å². The van der Waals surface area contributed by atoms with E-state index < -0.39 is 0 Å². The molecule has 2 N–H and O–H groups in total. The molecular weight excluding hydrogens is 264 g/mol. The predicted octanol–water partition coefficient (Wildman–Crippen LogP) is 2.86. The molecule has 0 unspecified atom stereocenters. The third-order valence-corrected chi connectivity index (χ3v) is 3.30. The molecule has 0 fully saturated rings. The topological polar surface area (TPSA) is 55.6 Å². The average molecular weight is 284 g/mol. The molecule has 0 bridgehead atoms. The van der Waals surface area contributed by atoms with E-state index in [1.807, 2.05) is 25.1 Å². The normalized spacial score (nSPS) is 10.2. The monoisotopic (exact) mass is 284 g/mol. The van der Waals surface area contributed by atoms with Gasteiger partial charge in [-0.05, 0) is 24.6 Å². The highest BCUT2D eigenvalue weighted by Crippen LogP contribution is 2.23. The standard InChI is InChI=1S/C17H20N2O2/c1-12-5-4-6-13(9-12)11-19(2)17(20)15-8-7-14(18)10-16(15)21-3/h4-10H,11,18H2,1-3H3. The maximum absolute atomic E-state index is 12.5. The van der Waals surface area contributed by atoms with Crippen LogP contribution in [-0.2, 0) is 6.54 Å². The van der Waals surface area contributed by atoms with Crippen LogP contribution in [0, 0.1) is 6.92 Å². The molecule has 0 aliphatic carbocycles. The van der Waals surface area contributed by atoms with Crippen LogP contribution in [0.15, 0.2) is 42.5 Å². The molecule has 21 heavy (non-hydrogen) atoms. The zero-order valence-electron chi connectivity index (χ0n) is 12.6. The van der Waals surface area contributed by atoms with Gasteiger partial charge in [-0.15, -0.1) is 0 Å². The van der Waals surface area contributed by atoms with E-state index in [0.717, 1.165) is 5.56 Å². The number of benzene rings is 2. The summed E-state index contributed by atoms with van der Waals surface area (Å²) in [5.41, 5.74) is 9.08. The van der Waals surface area contributed by atoms with Crippen LogP contribution in [0.25, 0.3) is 0 Å². The first-order chi connectivity index (χ1) is 10.0. The summed E-state index contributed by atoms with van der Waals surface area (Å²) >= 11 is 0. The molecule has 0 aliphatic rings. The molecule has 0 aromatic heterocycles. The zero-order valence-corrected chi connectivity index (χ0v) is 12.6. The van der Waals surface area contributed by atoms with E-state index in [0.29, 0.717) is 23.5 Å². The predicted molar refractivity (Wildman–Crippen MR) is 84.4 cm³/mol. The smallest absolute Gasteiger partial charge is 0.257 e. The van der Waals surface area contributed by atoms with Crippen molar-refractivity contribution in [3.63, 3.8) is 0 Å². The number of nitrogen functional groups attached to an aromatic ring is 1. The lowest BCUT2D eigenvalue weighted by atomic mass is 10.1. The molecular formula is C17H20N2O2. The second kappa shape index (κ2) is 6.31. The minimum absolute atomic E-state index is 0.0895. The molecule has 0 spiro atoms. The number of anilines is 1. The van der Waals surface area contributed by atoms with Crippen molar-refractivity contribution in [2.24, 2.45) is 0 Å². The Kier molecular flexibility index (Phi) is 4.48. The Hall–Kier alpha value is -2.49. The number of nitrogens with zero attached hydrogens (tertiary/aromatic N) is 1.